The molecule has 1 heterocycles. The van der Waals surface area contributed by atoms with Gasteiger partial charge in [-0.25, -0.2) is 0 Å². The number of rotatable bonds is 1. The lowest BCUT2D eigenvalue weighted by Crippen LogP contribution is -3.15. The number of likely N-dealkylation sites (tertiary alicyclic amines) is 1. The van der Waals surface area contributed by atoms with Gasteiger partial charge in [0.1, 0.15) is 5.60 Å². The van der Waals surface area contributed by atoms with Gasteiger partial charge in [-0.05, 0) is 44.4 Å². The summed E-state index contributed by atoms with van der Waals surface area (Å²) >= 11 is 0. The molecular weight excluding hydrogens is 234 g/mol. The van der Waals surface area contributed by atoms with Crippen LogP contribution >= 0.6 is 0 Å². The molecule has 1 aliphatic heterocycles. The molecule has 2 heteroatoms. The van der Waals surface area contributed by atoms with Crippen molar-refractivity contribution < 1.29 is 10.0 Å². The molecule has 2 rings (SSSR count). The number of aryl methyl sites for hydroxylation is 3. The highest BCUT2D eigenvalue weighted by atomic mass is 16.3. The molecule has 1 unspecified atom stereocenters. The molecule has 106 valence electrons. The Morgan fingerprint density at radius 2 is 1.68 bits per heavy atom. The Balaban J connectivity index is 2.50. The minimum absolute atomic E-state index is 0.295. The zero-order valence-corrected chi connectivity index (χ0v) is 13.2. The van der Waals surface area contributed by atoms with E-state index in [0.29, 0.717) is 12.0 Å². The molecule has 0 aliphatic carbocycles. The van der Waals surface area contributed by atoms with E-state index < -0.39 is 5.60 Å². The normalized spacial score (nSPS) is 35.4. The standard InChI is InChI=1S/C17H27NO/c1-11-7-12(2)16(13(3)8-11)17(19)9-15(5)18(6)10-14(17)4/h7-8,14-15,19H,9-10H2,1-6H3/p+1/t14-,15+,17-/m0/s1. The lowest BCUT2D eigenvalue weighted by molar-refractivity contribution is -0.916. The lowest BCUT2D eigenvalue weighted by atomic mass is 9.71. The maximum Gasteiger partial charge on any atom is 0.104 e. The summed E-state index contributed by atoms with van der Waals surface area (Å²) in [6, 6.07) is 4.90. The van der Waals surface area contributed by atoms with Crippen molar-refractivity contribution in [1.29, 1.82) is 0 Å². The van der Waals surface area contributed by atoms with Gasteiger partial charge in [0.15, 0.2) is 0 Å². The molecule has 1 aromatic carbocycles. The maximum absolute atomic E-state index is 11.3. The largest absolute Gasteiger partial charge is 0.384 e. The molecule has 1 aliphatic rings. The van der Waals surface area contributed by atoms with Crippen LogP contribution in [0, 0.1) is 26.7 Å². The third-order valence-electron chi connectivity index (χ3n) is 5.01. The average Bonchev–Trinajstić information content (AvgIpc) is 2.25. The highest BCUT2D eigenvalue weighted by Gasteiger charge is 2.46. The molecule has 0 radical (unpaired) electrons. The Kier molecular flexibility index (Phi) is 3.76. The molecule has 2 nitrogen and oxygen atoms in total. The van der Waals surface area contributed by atoms with Gasteiger partial charge in [0.05, 0.1) is 19.6 Å². The SMILES string of the molecule is Cc1cc(C)c([C@]2(O)C[C@@H](C)[NH+](C)C[C@@H]2C)c(C)c1. The molecule has 4 atom stereocenters. The van der Waals surface area contributed by atoms with Crippen molar-refractivity contribution in [2.24, 2.45) is 5.92 Å². The van der Waals surface area contributed by atoms with Crippen LogP contribution < -0.4 is 4.90 Å². The molecule has 19 heavy (non-hydrogen) atoms. The predicted octanol–water partition coefficient (Wildman–Crippen LogP) is 1.74. The second-order valence-electron chi connectivity index (χ2n) is 6.75. The molecule has 0 amide bonds. The first kappa shape index (κ1) is 14.5. The summed E-state index contributed by atoms with van der Waals surface area (Å²) in [7, 11) is 2.23. The molecule has 1 saturated heterocycles. The highest BCUT2D eigenvalue weighted by molar-refractivity contribution is 5.42. The van der Waals surface area contributed by atoms with E-state index in [9.17, 15) is 5.11 Å². The van der Waals surface area contributed by atoms with Gasteiger partial charge in [-0.15, -0.1) is 0 Å². The van der Waals surface area contributed by atoms with E-state index in [4.69, 9.17) is 0 Å². The Bertz CT molecular complexity index is 459. The summed E-state index contributed by atoms with van der Waals surface area (Å²) in [6.07, 6.45) is 0.852. The van der Waals surface area contributed by atoms with Crippen LogP contribution in [0.1, 0.15) is 42.5 Å². The Labute approximate surface area is 117 Å². The molecule has 1 aromatic rings. The first-order valence-electron chi connectivity index (χ1n) is 7.38. The fourth-order valence-corrected chi connectivity index (χ4v) is 3.91. The third kappa shape index (κ3) is 2.44. The van der Waals surface area contributed by atoms with Gasteiger partial charge in [0.2, 0.25) is 0 Å². The van der Waals surface area contributed by atoms with Crippen molar-refractivity contribution >= 4 is 0 Å². The minimum atomic E-state index is -0.666. The Morgan fingerprint density at radius 3 is 2.21 bits per heavy atom. The zero-order valence-electron chi connectivity index (χ0n) is 13.2. The lowest BCUT2D eigenvalue weighted by Gasteiger charge is -2.44. The quantitative estimate of drug-likeness (QED) is 0.792. The van der Waals surface area contributed by atoms with Crippen molar-refractivity contribution in [2.75, 3.05) is 13.6 Å². The fraction of sp³-hybridized carbons (Fsp3) is 0.647. The Morgan fingerprint density at radius 1 is 1.16 bits per heavy atom. The average molecular weight is 262 g/mol. The van der Waals surface area contributed by atoms with Crippen LogP contribution in [0.2, 0.25) is 0 Å². The third-order valence-corrected chi connectivity index (χ3v) is 5.01. The molecule has 2 N–H and O–H groups in total. The molecule has 1 fully saturated rings. The van der Waals surface area contributed by atoms with Crippen molar-refractivity contribution in [1.82, 2.24) is 0 Å². The van der Waals surface area contributed by atoms with Crippen LogP contribution in [0.5, 0.6) is 0 Å². The number of piperidine rings is 1. The van der Waals surface area contributed by atoms with Crippen LogP contribution in [-0.2, 0) is 5.60 Å². The van der Waals surface area contributed by atoms with Crippen LogP contribution in [-0.4, -0.2) is 24.7 Å². The highest BCUT2D eigenvalue weighted by Crippen LogP contribution is 2.39. The van der Waals surface area contributed by atoms with E-state index in [0.717, 1.165) is 13.0 Å². The molecule has 0 aromatic heterocycles. The predicted molar refractivity (Wildman–Crippen MR) is 79.5 cm³/mol. The van der Waals surface area contributed by atoms with E-state index in [-0.39, 0.29) is 0 Å². The topological polar surface area (TPSA) is 24.7 Å². The van der Waals surface area contributed by atoms with Gasteiger partial charge in [-0.1, -0.05) is 24.6 Å². The second kappa shape index (κ2) is 4.92. The summed E-state index contributed by atoms with van der Waals surface area (Å²) in [5, 5.41) is 11.3. The summed E-state index contributed by atoms with van der Waals surface area (Å²) < 4.78 is 0. The number of quaternary nitrogens is 1. The minimum Gasteiger partial charge on any atom is -0.384 e. The number of benzene rings is 1. The van der Waals surface area contributed by atoms with Crippen LogP contribution in [0.4, 0.5) is 0 Å². The first-order valence-corrected chi connectivity index (χ1v) is 7.38. The fourth-order valence-electron chi connectivity index (χ4n) is 3.91. The van der Waals surface area contributed by atoms with Crippen LogP contribution in [0.15, 0.2) is 12.1 Å². The molecular formula is C17H28NO+. The first-order chi connectivity index (χ1) is 8.75. The van der Waals surface area contributed by atoms with Crippen molar-refractivity contribution in [3.63, 3.8) is 0 Å². The molecule has 0 bridgehead atoms. The number of hydrogen-bond donors (Lipinski definition) is 2. The van der Waals surface area contributed by atoms with E-state index in [1.165, 1.54) is 27.2 Å². The maximum atomic E-state index is 11.3. The molecule has 0 saturated carbocycles. The van der Waals surface area contributed by atoms with Gasteiger partial charge >= 0.3 is 0 Å². The summed E-state index contributed by atoms with van der Waals surface area (Å²) in [6.45, 7) is 11.9. The van der Waals surface area contributed by atoms with Crippen LogP contribution in [0.25, 0.3) is 0 Å². The smallest absolute Gasteiger partial charge is 0.104 e. The van der Waals surface area contributed by atoms with Crippen molar-refractivity contribution in [3.8, 4) is 0 Å². The van der Waals surface area contributed by atoms with Crippen molar-refractivity contribution in [2.45, 2.75) is 52.7 Å². The summed E-state index contributed by atoms with van der Waals surface area (Å²) in [5.74, 6) is 0.295. The zero-order chi connectivity index (χ0) is 14.4. The number of aliphatic hydroxyl groups is 1. The van der Waals surface area contributed by atoms with Gasteiger partial charge in [0, 0.05) is 12.3 Å². The molecule has 0 spiro atoms. The summed E-state index contributed by atoms with van der Waals surface area (Å²) in [4.78, 5) is 1.53. The van der Waals surface area contributed by atoms with Gasteiger partial charge < -0.3 is 10.0 Å². The van der Waals surface area contributed by atoms with E-state index >= 15 is 0 Å². The van der Waals surface area contributed by atoms with Gasteiger partial charge in [-0.3, -0.25) is 0 Å². The summed E-state index contributed by atoms with van der Waals surface area (Å²) in [5.41, 5.74) is 4.25. The Hall–Kier alpha value is -0.860. The van der Waals surface area contributed by atoms with Crippen LogP contribution in [0.3, 0.4) is 0 Å². The van der Waals surface area contributed by atoms with Crippen molar-refractivity contribution in [3.05, 3.63) is 34.4 Å². The van der Waals surface area contributed by atoms with E-state index in [1.54, 1.807) is 0 Å². The number of nitrogens with one attached hydrogen (secondary N) is 1. The van der Waals surface area contributed by atoms with Gasteiger partial charge in [-0.2, -0.15) is 0 Å². The monoisotopic (exact) mass is 262 g/mol. The van der Waals surface area contributed by atoms with E-state index in [1.807, 2.05) is 0 Å². The number of hydrogen-bond acceptors (Lipinski definition) is 1. The second-order valence-corrected chi connectivity index (χ2v) is 6.75. The van der Waals surface area contributed by atoms with E-state index in [2.05, 4.69) is 53.8 Å². The van der Waals surface area contributed by atoms with Gasteiger partial charge in [0.25, 0.3) is 0 Å².